The van der Waals surface area contributed by atoms with Crippen LogP contribution in [0.25, 0.3) is 0 Å². The highest BCUT2D eigenvalue weighted by Gasteiger charge is 2.09. The Morgan fingerprint density at radius 2 is 1.95 bits per heavy atom. The lowest BCUT2D eigenvalue weighted by Crippen LogP contribution is -2.15. The smallest absolute Gasteiger partial charge is 0.322 e. The van der Waals surface area contributed by atoms with E-state index >= 15 is 0 Å². The molecular formula is C13H23ClN4O. The van der Waals surface area contributed by atoms with Crippen molar-refractivity contribution < 1.29 is 4.74 Å². The van der Waals surface area contributed by atoms with Gasteiger partial charge >= 0.3 is 6.01 Å². The van der Waals surface area contributed by atoms with Gasteiger partial charge in [0, 0.05) is 6.54 Å². The molecule has 0 aliphatic heterocycles. The van der Waals surface area contributed by atoms with Crippen LogP contribution in [0.3, 0.4) is 0 Å². The predicted octanol–water partition coefficient (Wildman–Crippen LogP) is 3.69. The Kier molecular flexibility index (Phi) is 7.48. The number of nitrogens with one attached hydrogen (secondary N) is 1. The first-order valence-corrected chi connectivity index (χ1v) is 7.35. The molecule has 1 unspecified atom stereocenters. The lowest BCUT2D eigenvalue weighted by molar-refractivity contribution is 0.189. The van der Waals surface area contributed by atoms with Crippen molar-refractivity contribution in [3.63, 3.8) is 0 Å². The first-order valence-electron chi connectivity index (χ1n) is 6.97. The molecule has 1 heterocycles. The van der Waals surface area contributed by atoms with Gasteiger partial charge in [-0.15, -0.1) is 0 Å². The maximum atomic E-state index is 5.83. The van der Waals surface area contributed by atoms with E-state index in [1.807, 2.05) is 13.8 Å². The standard InChI is InChI=1S/C13H23ClN4O/c1-4-6-7-8-9-10(3)19-13-17-11(14)16-12(18-13)15-5-2/h10H,4-9H2,1-3H3,(H,15,16,17,18). The lowest BCUT2D eigenvalue weighted by Gasteiger charge is -2.13. The van der Waals surface area contributed by atoms with E-state index < -0.39 is 0 Å². The zero-order valence-electron chi connectivity index (χ0n) is 11.9. The summed E-state index contributed by atoms with van der Waals surface area (Å²) in [5.74, 6) is 0.454. The highest BCUT2D eigenvalue weighted by molar-refractivity contribution is 6.28. The van der Waals surface area contributed by atoms with Crippen LogP contribution in [0.4, 0.5) is 5.95 Å². The molecule has 0 aliphatic carbocycles. The number of unbranched alkanes of at least 4 members (excludes halogenated alkanes) is 3. The van der Waals surface area contributed by atoms with Gasteiger partial charge in [-0.05, 0) is 38.3 Å². The molecule has 0 aromatic carbocycles. The molecule has 5 nitrogen and oxygen atoms in total. The van der Waals surface area contributed by atoms with Crippen LogP contribution in [-0.4, -0.2) is 27.6 Å². The highest BCUT2D eigenvalue weighted by Crippen LogP contribution is 2.15. The summed E-state index contributed by atoms with van der Waals surface area (Å²) in [7, 11) is 0. The van der Waals surface area contributed by atoms with Crippen molar-refractivity contribution in [2.45, 2.75) is 59.0 Å². The first kappa shape index (κ1) is 16.0. The zero-order chi connectivity index (χ0) is 14.1. The number of rotatable bonds is 9. The Labute approximate surface area is 120 Å². The van der Waals surface area contributed by atoms with Crippen molar-refractivity contribution >= 4 is 17.5 Å². The van der Waals surface area contributed by atoms with E-state index in [1.54, 1.807) is 0 Å². The summed E-state index contributed by atoms with van der Waals surface area (Å²) in [5.41, 5.74) is 0. The quantitative estimate of drug-likeness (QED) is 0.702. The van der Waals surface area contributed by atoms with E-state index in [1.165, 1.54) is 19.3 Å². The number of nitrogens with zero attached hydrogens (tertiary/aromatic N) is 3. The molecule has 6 heteroatoms. The second-order valence-electron chi connectivity index (χ2n) is 4.52. The molecule has 1 aromatic rings. The average molecular weight is 287 g/mol. The predicted molar refractivity (Wildman–Crippen MR) is 77.8 cm³/mol. The van der Waals surface area contributed by atoms with Crippen LogP contribution in [0.1, 0.15) is 52.9 Å². The second kappa shape index (κ2) is 8.91. The summed E-state index contributed by atoms with van der Waals surface area (Å²) in [4.78, 5) is 12.1. The van der Waals surface area contributed by atoms with Crippen LogP contribution in [0.2, 0.25) is 5.28 Å². The van der Waals surface area contributed by atoms with Crippen molar-refractivity contribution in [2.75, 3.05) is 11.9 Å². The van der Waals surface area contributed by atoms with Crippen molar-refractivity contribution in [3.8, 4) is 6.01 Å². The Morgan fingerprint density at radius 1 is 1.16 bits per heavy atom. The van der Waals surface area contributed by atoms with Crippen molar-refractivity contribution in [3.05, 3.63) is 5.28 Å². The fourth-order valence-electron chi connectivity index (χ4n) is 1.72. The Morgan fingerprint density at radius 3 is 2.63 bits per heavy atom. The topological polar surface area (TPSA) is 59.9 Å². The third kappa shape index (κ3) is 6.57. The number of aromatic nitrogens is 3. The van der Waals surface area contributed by atoms with Gasteiger partial charge in [-0.1, -0.05) is 26.2 Å². The normalized spacial score (nSPS) is 12.2. The van der Waals surface area contributed by atoms with E-state index in [0.29, 0.717) is 12.0 Å². The van der Waals surface area contributed by atoms with Gasteiger partial charge in [0.1, 0.15) is 0 Å². The second-order valence-corrected chi connectivity index (χ2v) is 4.86. The summed E-state index contributed by atoms with van der Waals surface area (Å²) < 4.78 is 5.68. The maximum Gasteiger partial charge on any atom is 0.322 e. The summed E-state index contributed by atoms with van der Waals surface area (Å²) in [6, 6.07) is 0.291. The molecule has 1 atom stereocenters. The third-order valence-electron chi connectivity index (χ3n) is 2.69. The van der Waals surface area contributed by atoms with Gasteiger partial charge in [0.15, 0.2) is 0 Å². The van der Waals surface area contributed by atoms with E-state index in [4.69, 9.17) is 16.3 Å². The SMILES string of the molecule is CCCCCCC(C)Oc1nc(Cl)nc(NCC)n1. The molecule has 0 amide bonds. The van der Waals surface area contributed by atoms with Crippen LogP contribution in [0.5, 0.6) is 6.01 Å². The minimum absolute atomic E-state index is 0.0878. The van der Waals surface area contributed by atoms with Gasteiger partial charge in [-0.3, -0.25) is 0 Å². The minimum atomic E-state index is 0.0878. The van der Waals surface area contributed by atoms with Gasteiger partial charge in [0.25, 0.3) is 0 Å². The van der Waals surface area contributed by atoms with E-state index in [0.717, 1.165) is 19.4 Å². The van der Waals surface area contributed by atoms with Crippen LogP contribution in [0, 0.1) is 0 Å². The summed E-state index contributed by atoms with van der Waals surface area (Å²) in [5, 5.41) is 3.15. The number of halogens is 1. The van der Waals surface area contributed by atoms with Crippen LogP contribution >= 0.6 is 11.6 Å². The Bertz CT molecular complexity index is 376. The molecule has 0 spiro atoms. The molecule has 1 rings (SSSR count). The number of hydrogen-bond acceptors (Lipinski definition) is 5. The van der Waals surface area contributed by atoms with Crippen molar-refractivity contribution in [2.24, 2.45) is 0 Å². The van der Waals surface area contributed by atoms with Crippen LogP contribution < -0.4 is 10.1 Å². The first-order chi connectivity index (χ1) is 9.15. The molecule has 1 aromatic heterocycles. The Balaban J connectivity index is 2.46. The van der Waals surface area contributed by atoms with E-state index in [-0.39, 0.29) is 11.4 Å². The fourth-order valence-corrected chi connectivity index (χ4v) is 1.87. The van der Waals surface area contributed by atoms with Gasteiger partial charge in [-0.25, -0.2) is 0 Å². The van der Waals surface area contributed by atoms with Crippen molar-refractivity contribution in [1.29, 1.82) is 0 Å². The number of ether oxygens (including phenoxy) is 1. The number of hydrogen-bond donors (Lipinski definition) is 1. The molecule has 0 saturated heterocycles. The van der Waals surface area contributed by atoms with Crippen molar-refractivity contribution in [1.82, 2.24) is 15.0 Å². The largest absolute Gasteiger partial charge is 0.460 e. The summed E-state index contributed by atoms with van der Waals surface area (Å²) >= 11 is 5.83. The average Bonchev–Trinajstić information content (AvgIpc) is 2.34. The van der Waals surface area contributed by atoms with Gasteiger partial charge in [0.05, 0.1) is 6.10 Å². The molecular weight excluding hydrogens is 264 g/mol. The monoisotopic (exact) mass is 286 g/mol. The molecule has 0 saturated carbocycles. The third-order valence-corrected chi connectivity index (χ3v) is 2.86. The molecule has 0 bridgehead atoms. The summed E-state index contributed by atoms with van der Waals surface area (Å²) in [6.45, 7) is 6.92. The number of anilines is 1. The minimum Gasteiger partial charge on any atom is -0.460 e. The maximum absolute atomic E-state index is 5.83. The Hall–Kier alpha value is -1.10. The lowest BCUT2D eigenvalue weighted by atomic mass is 10.1. The fraction of sp³-hybridized carbons (Fsp3) is 0.769. The van der Waals surface area contributed by atoms with E-state index in [2.05, 4.69) is 27.2 Å². The van der Waals surface area contributed by atoms with Gasteiger partial charge in [-0.2, -0.15) is 15.0 Å². The molecule has 0 fully saturated rings. The molecule has 108 valence electrons. The van der Waals surface area contributed by atoms with E-state index in [9.17, 15) is 0 Å². The molecule has 0 aliphatic rings. The van der Waals surface area contributed by atoms with Gasteiger partial charge in [0.2, 0.25) is 11.2 Å². The summed E-state index contributed by atoms with van der Waals surface area (Å²) in [6.07, 6.45) is 6.00. The highest BCUT2D eigenvalue weighted by atomic mass is 35.5. The van der Waals surface area contributed by atoms with Crippen LogP contribution in [0.15, 0.2) is 0 Å². The van der Waals surface area contributed by atoms with Gasteiger partial charge < -0.3 is 10.1 Å². The zero-order valence-corrected chi connectivity index (χ0v) is 12.7. The molecule has 0 radical (unpaired) electrons. The molecule has 1 N–H and O–H groups in total. The molecule has 19 heavy (non-hydrogen) atoms. The van der Waals surface area contributed by atoms with Crippen LogP contribution in [-0.2, 0) is 0 Å².